The van der Waals surface area contributed by atoms with E-state index in [1.807, 2.05) is 19.0 Å². The minimum absolute atomic E-state index is 0.301. The Balaban J connectivity index is 1.35. The van der Waals surface area contributed by atoms with Gasteiger partial charge in [0.1, 0.15) is 18.0 Å². The minimum atomic E-state index is 0.301. The molecule has 3 aliphatic rings. The van der Waals surface area contributed by atoms with E-state index < -0.39 is 0 Å². The summed E-state index contributed by atoms with van der Waals surface area (Å²) in [5.74, 6) is 3.59. The first-order valence-corrected chi connectivity index (χ1v) is 9.59. The predicted molar refractivity (Wildman–Crippen MR) is 100 cm³/mol. The Morgan fingerprint density at radius 2 is 1.92 bits per heavy atom. The second-order valence-corrected chi connectivity index (χ2v) is 8.47. The van der Waals surface area contributed by atoms with Crippen LogP contribution in [0.1, 0.15) is 25.7 Å². The third kappa shape index (κ3) is 3.60. The Morgan fingerprint density at radius 1 is 1.16 bits per heavy atom. The van der Waals surface area contributed by atoms with Gasteiger partial charge in [0.05, 0.1) is 5.54 Å². The molecule has 0 aromatic carbocycles. The smallest absolute Gasteiger partial charge is 0.134 e. The number of hydrogen-bond acceptors (Lipinski definition) is 6. The second kappa shape index (κ2) is 6.72. The van der Waals surface area contributed by atoms with Crippen molar-refractivity contribution in [2.24, 2.45) is 11.8 Å². The first kappa shape index (κ1) is 17.0. The first-order chi connectivity index (χ1) is 12.1. The molecule has 2 saturated heterocycles. The van der Waals surface area contributed by atoms with Gasteiger partial charge in [0.2, 0.25) is 0 Å². The van der Waals surface area contributed by atoms with E-state index in [9.17, 15) is 0 Å². The van der Waals surface area contributed by atoms with Crippen LogP contribution >= 0.6 is 0 Å². The Kier molecular flexibility index (Phi) is 4.58. The van der Waals surface area contributed by atoms with Crippen LogP contribution in [0.2, 0.25) is 0 Å². The Bertz CT molecular complexity index is 597. The lowest BCUT2D eigenvalue weighted by molar-refractivity contribution is -0.0138. The average Bonchev–Trinajstić information content (AvgIpc) is 3.39. The summed E-state index contributed by atoms with van der Waals surface area (Å²) in [4.78, 5) is 15.8. The highest BCUT2D eigenvalue weighted by molar-refractivity contribution is 5.52. The number of anilines is 2. The third-order valence-corrected chi connectivity index (χ3v) is 6.15. The van der Waals surface area contributed by atoms with Crippen LogP contribution in [0.25, 0.3) is 0 Å². The zero-order chi connectivity index (χ0) is 17.4. The molecule has 3 fully saturated rings. The maximum atomic E-state index is 5.99. The van der Waals surface area contributed by atoms with Crippen molar-refractivity contribution >= 4 is 11.6 Å². The third-order valence-electron chi connectivity index (χ3n) is 6.15. The van der Waals surface area contributed by atoms with Gasteiger partial charge in [-0.15, -0.1) is 0 Å². The van der Waals surface area contributed by atoms with Crippen LogP contribution in [0.3, 0.4) is 0 Å². The van der Waals surface area contributed by atoms with E-state index in [1.54, 1.807) is 6.33 Å². The highest BCUT2D eigenvalue weighted by atomic mass is 16.5. The molecule has 1 spiro atoms. The predicted octanol–water partition coefficient (Wildman–Crippen LogP) is 1.87. The zero-order valence-electron chi connectivity index (χ0n) is 15.8. The molecule has 1 aromatic rings. The van der Waals surface area contributed by atoms with Gasteiger partial charge in [-0.1, -0.05) is 0 Å². The van der Waals surface area contributed by atoms with Crippen molar-refractivity contribution in [2.75, 3.05) is 63.8 Å². The van der Waals surface area contributed by atoms with Gasteiger partial charge in [-0.2, -0.15) is 0 Å². The van der Waals surface area contributed by atoms with Crippen molar-refractivity contribution in [1.82, 2.24) is 14.9 Å². The Labute approximate surface area is 151 Å². The summed E-state index contributed by atoms with van der Waals surface area (Å²) < 4.78 is 5.99. The van der Waals surface area contributed by atoms with Gasteiger partial charge in [0.15, 0.2) is 0 Å². The minimum Gasteiger partial charge on any atom is -0.381 e. The molecule has 1 saturated carbocycles. The molecule has 6 nitrogen and oxygen atoms in total. The molecule has 4 rings (SSSR count). The lowest BCUT2D eigenvalue weighted by Gasteiger charge is -2.59. The van der Waals surface area contributed by atoms with E-state index in [1.165, 1.54) is 32.2 Å². The number of aromatic nitrogens is 2. The van der Waals surface area contributed by atoms with E-state index >= 15 is 0 Å². The number of likely N-dealkylation sites (tertiary alicyclic amines) is 1. The van der Waals surface area contributed by atoms with E-state index in [4.69, 9.17) is 4.74 Å². The van der Waals surface area contributed by atoms with Crippen molar-refractivity contribution in [3.05, 3.63) is 12.4 Å². The van der Waals surface area contributed by atoms with E-state index in [-0.39, 0.29) is 0 Å². The Morgan fingerprint density at radius 3 is 2.64 bits per heavy atom. The fourth-order valence-corrected chi connectivity index (χ4v) is 4.19. The number of rotatable bonds is 6. The molecule has 0 N–H and O–H groups in total. The first-order valence-electron chi connectivity index (χ1n) is 9.59. The van der Waals surface area contributed by atoms with Crippen LogP contribution in [0.5, 0.6) is 0 Å². The largest absolute Gasteiger partial charge is 0.381 e. The summed E-state index contributed by atoms with van der Waals surface area (Å²) in [5.41, 5.74) is 0.301. The molecule has 1 aliphatic carbocycles. The molecule has 0 radical (unpaired) electrons. The molecule has 0 amide bonds. The lowest BCUT2D eigenvalue weighted by Crippen LogP contribution is -2.72. The van der Waals surface area contributed by atoms with Gasteiger partial charge in [-0.25, -0.2) is 9.97 Å². The van der Waals surface area contributed by atoms with Crippen LogP contribution in [0.15, 0.2) is 12.4 Å². The second-order valence-electron chi connectivity index (χ2n) is 8.47. The van der Waals surface area contributed by atoms with Crippen LogP contribution in [0.4, 0.5) is 11.6 Å². The SMILES string of the molecule is CN(C)c1cc(N2CC3(CC(COCC4CC4)CCN3C)C2)ncn1. The van der Waals surface area contributed by atoms with Crippen molar-refractivity contribution < 1.29 is 4.74 Å². The average molecular weight is 345 g/mol. The fraction of sp³-hybridized carbons (Fsp3) is 0.789. The topological polar surface area (TPSA) is 44.7 Å². The molecule has 1 aromatic heterocycles. The van der Waals surface area contributed by atoms with Crippen LogP contribution in [-0.4, -0.2) is 74.4 Å². The molecular weight excluding hydrogens is 314 g/mol. The van der Waals surface area contributed by atoms with Gasteiger partial charge in [-0.3, -0.25) is 4.90 Å². The lowest BCUT2D eigenvalue weighted by atomic mass is 9.75. The highest BCUT2D eigenvalue weighted by Gasteiger charge is 2.49. The molecule has 1 unspecified atom stereocenters. The molecule has 3 heterocycles. The van der Waals surface area contributed by atoms with Crippen molar-refractivity contribution in [3.63, 3.8) is 0 Å². The maximum Gasteiger partial charge on any atom is 0.134 e. The number of piperidine rings is 1. The number of likely N-dealkylation sites (N-methyl/N-ethyl adjacent to an activating group) is 1. The standard InChI is InChI=1S/C19H31N5O/c1-22(2)17-8-18(21-14-20-17)24-12-19(13-24)9-16(6-7-23(19)3)11-25-10-15-4-5-15/h8,14-16H,4-7,9-13H2,1-3H3. The summed E-state index contributed by atoms with van der Waals surface area (Å²) in [6.07, 6.45) is 6.94. The highest BCUT2D eigenvalue weighted by Crippen LogP contribution is 2.40. The van der Waals surface area contributed by atoms with Gasteiger partial charge < -0.3 is 14.5 Å². The summed E-state index contributed by atoms with van der Waals surface area (Å²) in [6, 6.07) is 2.09. The van der Waals surface area contributed by atoms with Crippen LogP contribution in [-0.2, 0) is 4.74 Å². The van der Waals surface area contributed by atoms with Crippen molar-refractivity contribution in [2.45, 2.75) is 31.2 Å². The maximum absolute atomic E-state index is 5.99. The molecule has 0 bridgehead atoms. The summed E-state index contributed by atoms with van der Waals surface area (Å²) in [6.45, 7) is 5.24. The monoisotopic (exact) mass is 345 g/mol. The van der Waals surface area contributed by atoms with E-state index in [0.717, 1.165) is 43.9 Å². The quantitative estimate of drug-likeness (QED) is 0.784. The fourth-order valence-electron chi connectivity index (χ4n) is 4.19. The van der Waals surface area contributed by atoms with Gasteiger partial charge in [0.25, 0.3) is 0 Å². The Hall–Kier alpha value is -1.40. The number of ether oxygens (including phenoxy) is 1. The molecule has 2 aliphatic heterocycles. The van der Waals surface area contributed by atoms with Gasteiger partial charge in [0, 0.05) is 46.5 Å². The summed E-state index contributed by atoms with van der Waals surface area (Å²) in [5, 5.41) is 0. The van der Waals surface area contributed by atoms with Crippen LogP contribution in [0, 0.1) is 11.8 Å². The van der Waals surface area contributed by atoms with E-state index in [2.05, 4.69) is 32.9 Å². The molecular formula is C19H31N5O. The molecule has 25 heavy (non-hydrogen) atoms. The molecule has 6 heteroatoms. The normalized spacial score (nSPS) is 25.9. The number of hydrogen-bond donors (Lipinski definition) is 0. The van der Waals surface area contributed by atoms with Gasteiger partial charge in [-0.05, 0) is 51.1 Å². The summed E-state index contributed by atoms with van der Waals surface area (Å²) >= 11 is 0. The van der Waals surface area contributed by atoms with Crippen molar-refractivity contribution in [1.29, 1.82) is 0 Å². The molecule has 138 valence electrons. The zero-order valence-corrected chi connectivity index (χ0v) is 15.8. The van der Waals surface area contributed by atoms with Crippen molar-refractivity contribution in [3.8, 4) is 0 Å². The van der Waals surface area contributed by atoms with Crippen LogP contribution < -0.4 is 9.80 Å². The number of nitrogens with zero attached hydrogens (tertiary/aromatic N) is 5. The van der Waals surface area contributed by atoms with E-state index in [0.29, 0.717) is 11.5 Å². The van der Waals surface area contributed by atoms with Gasteiger partial charge >= 0.3 is 0 Å². The molecule has 1 atom stereocenters. The summed E-state index contributed by atoms with van der Waals surface area (Å²) in [7, 11) is 6.32.